The van der Waals surface area contributed by atoms with Crippen molar-refractivity contribution in [1.82, 2.24) is 20.1 Å². The Kier molecular flexibility index (Phi) is 4.45. The highest BCUT2D eigenvalue weighted by Gasteiger charge is 2.18. The monoisotopic (exact) mass is 323 g/mol. The van der Waals surface area contributed by atoms with Crippen molar-refractivity contribution < 1.29 is 4.79 Å². The van der Waals surface area contributed by atoms with Crippen LogP contribution in [0.1, 0.15) is 22.3 Å². The van der Waals surface area contributed by atoms with Gasteiger partial charge >= 0.3 is 0 Å². The highest BCUT2D eigenvalue weighted by molar-refractivity contribution is 7.10. The summed E-state index contributed by atoms with van der Waals surface area (Å²) < 4.78 is 1.35. The van der Waals surface area contributed by atoms with Crippen LogP contribution >= 0.6 is 11.3 Å². The van der Waals surface area contributed by atoms with Gasteiger partial charge in [-0.15, -0.1) is 16.4 Å². The van der Waals surface area contributed by atoms with E-state index < -0.39 is 0 Å². The molecule has 114 valence electrons. The van der Waals surface area contributed by atoms with E-state index in [-0.39, 0.29) is 24.3 Å². The van der Waals surface area contributed by atoms with Gasteiger partial charge in [0.2, 0.25) is 5.91 Å². The van der Waals surface area contributed by atoms with Gasteiger partial charge in [0.05, 0.1) is 6.04 Å². The summed E-state index contributed by atoms with van der Waals surface area (Å²) in [4.78, 5) is 17.2. The molecular formula is C16H13N5OS. The standard InChI is InChI=1S/C16H13N5OS/c17-9-14-18-11-21(20-14)10-15(22)19-16(13-7-4-8-23-13)12-5-2-1-3-6-12/h1-8,11,16H,10H2,(H,19,22). The molecule has 0 bridgehead atoms. The molecule has 1 atom stereocenters. The second-order valence-corrected chi connectivity index (χ2v) is 5.78. The summed E-state index contributed by atoms with van der Waals surface area (Å²) in [6, 6.07) is 15.4. The van der Waals surface area contributed by atoms with E-state index in [9.17, 15) is 4.79 Å². The molecule has 0 aliphatic heterocycles. The lowest BCUT2D eigenvalue weighted by atomic mass is 10.1. The van der Waals surface area contributed by atoms with Crippen molar-refractivity contribution in [1.29, 1.82) is 5.26 Å². The molecule has 3 rings (SSSR count). The molecule has 0 saturated carbocycles. The van der Waals surface area contributed by atoms with Crippen molar-refractivity contribution in [3.8, 4) is 6.07 Å². The topological polar surface area (TPSA) is 83.6 Å². The number of nitrogens with zero attached hydrogens (tertiary/aromatic N) is 4. The fourth-order valence-electron chi connectivity index (χ4n) is 2.20. The summed E-state index contributed by atoms with van der Waals surface area (Å²) in [6.45, 7) is 0.0173. The average molecular weight is 323 g/mol. The third kappa shape index (κ3) is 3.62. The third-order valence-electron chi connectivity index (χ3n) is 3.21. The van der Waals surface area contributed by atoms with Crippen LogP contribution in [0.15, 0.2) is 54.2 Å². The van der Waals surface area contributed by atoms with Crippen molar-refractivity contribution in [3.63, 3.8) is 0 Å². The van der Waals surface area contributed by atoms with Crippen LogP contribution < -0.4 is 5.32 Å². The first-order valence-electron chi connectivity index (χ1n) is 6.93. The van der Waals surface area contributed by atoms with Crippen LogP contribution in [0, 0.1) is 11.3 Å². The van der Waals surface area contributed by atoms with Crippen LogP contribution in [-0.2, 0) is 11.3 Å². The van der Waals surface area contributed by atoms with Gasteiger partial charge in [0.1, 0.15) is 18.9 Å². The number of thiophene rings is 1. The van der Waals surface area contributed by atoms with E-state index in [1.807, 2.05) is 53.9 Å². The van der Waals surface area contributed by atoms with Crippen molar-refractivity contribution in [2.45, 2.75) is 12.6 Å². The number of hydrogen-bond donors (Lipinski definition) is 1. The fourth-order valence-corrected chi connectivity index (χ4v) is 3.00. The second kappa shape index (κ2) is 6.85. The zero-order valence-corrected chi connectivity index (χ0v) is 12.9. The van der Waals surface area contributed by atoms with Gasteiger partial charge in [-0.3, -0.25) is 4.79 Å². The SMILES string of the molecule is N#Cc1ncn(CC(=O)NC(c2ccccc2)c2cccs2)n1. The molecule has 1 N–H and O–H groups in total. The Morgan fingerprint density at radius 3 is 2.78 bits per heavy atom. The Bertz CT molecular complexity index is 820. The maximum absolute atomic E-state index is 12.3. The number of nitrogens with one attached hydrogen (secondary N) is 1. The average Bonchev–Trinajstić information content (AvgIpc) is 3.25. The fraction of sp³-hybridized carbons (Fsp3) is 0.125. The molecule has 7 heteroatoms. The summed E-state index contributed by atoms with van der Waals surface area (Å²) >= 11 is 1.59. The first-order valence-corrected chi connectivity index (χ1v) is 7.81. The Balaban J connectivity index is 1.76. The van der Waals surface area contributed by atoms with Gasteiger partial charge in [0.15, 0.2) is 0 Å². The highest BCUT2D eigenvalue weighted by atomic mass is 32.1. The lowest BCUT2D eigenvalue weighted by Crippen LogP contribution is -2.32. The van der Waals surface area contributed by atoms with Gasteiger partial charge in [-0.1, -0.05) is 36.4 Å². The largest absolute Gasteiger partial charge is 0.343 e. The second-order valence-electron chi connectivity index (χ2n) is 4.80. The Hall–Kier alpha value is -2.98. The number of amides is 1. The highest BCUT2D eigenvalue weighted by Crippen LogP contribution is 2.25. The predicted molar refractivity (Wildman–Crippen MR) is 85.5 cm³/mol. The molecule has 0 spiro atoms. The lowest BCUT2D eigenvalue weighted by molar-refractivity contribution is -0.122. The number of carbonyl (C=O) groups excluding carboxylic acids is 1. The molecule has 0 radical (unpaired) electrons. The molecular weight excluding hydrogens is 310 g/mol. The first-order chi connectivity index (χ1) is 11.3. The molecule has 3 aromatic rings. The first kappa shape index (κ1) is 14.9. The summed E-state index contributed by atoms with van der Waals surface area (Å²) in [5, 5.41) is 17.6. The number of aromatic nitrogens is 3. The predicted octanol–water partition coefficient (Wildman–Crippen LogP) is 2.12. The molecule has 0 saturated heterocycles. The van der Waals surface area contributed by atoms with Crippen molar-refractivity contribution in [2.24, 2.45) is 0 Å². The van der Waals surface area contributed by atoms with Crippen LogP contribution in [0.25, 0.3) is 0 Å². The third-order valence-corrected chi connectivity index (χ3v) is 4.15. The zero-order valence-electron chi connectivity index (χ0n) is 12.1. The van der Waals surface area contributed by atoms with Crippen molar-refractivity contribution in [2.75, 3.05) is 0 Å². The van der Waals surface area contributed by atoms with E-state index in [0.29, 0.717) is 0 Å². The van der Waals surface area contributed by atoms with Crippen LogP contribution in [0.5, 0.6) is 0 Å². The van der Waals surface area contributed by atoms with Gasteiger partial charge in [0.25, 0.3) is 5.82 Å². The number of nitriles is 1. The normalized spacial score (nSPS) is 11.6. The molecule has 2 heterocycles. The van der Waals surface area contributed by atoms with Crippen LogP contribution in [0.3, 0.4) is 0 Å². The van der Waals surface area contributed by atoms with Gasteiger partial charge in [-0.05, 0) is 17.0 Å². The van der Waals surface area contributed by atoms with Gasteiger partial charge in [-0.2, -0.15) is 5.26 Å². The van der Waals surface area contributed by atoms with E-state index in [4.69, 9.17) is 5.26 Å². The molecule has 6 nitrogen and oxygen atoms in total. The zero-order chi connectivity index (χ0) is 16.1. The minimum absolute atomic E-state index is 0.0173. The molecule has 23 heavy (non-hydrogen) atoms. The molecule has 1 aromatic carbocycles. The summed E-state index contributed by atoms with van der Waals surface area (Å²) in [7, 11) is 0. The summed E-state index contributed by atoms with van der Waals surface area (Å²) in [5.41, 5.74) is 1.01. The molecule has 0 aliphatic rings. The minimum Gasteiger partial charge on any atom is -0.343 e. The number of rotatable bonds is 5. The van der Waals surface area contributed by atoms with Crippen molar-refractivity contribution >= 4 is 17.2 Å². The number of benzene rings is 1. The quantitative estimate of drug-likeness (QED) is 0.779. The number of hydrogen-bond acceptors (Lipinski definition) is 5. The number of carbonyl (C=O) groups is 1. The van der Waals surface area contributed by atoms with E-state index >= 15 is 0 Å². The maximum atomic E-state index is 12.3. The Morgan fingerprint density at radius 2 is 2.13 bits per heavy atom. The van der Waals surface area contributed by atoms with Crippen LogP contribution in [0.4, 0.5) is 0 Å². The van der Waals surface area contributed by atoms with E-state index in [0.717, 1.165) is 10.4 Å². The summed E-state index contributed by atoms with van der Waals surface area (Å²) in [5.74, 6) is -0.141. The molecule has 0 aliphatic carbocycles. The summed E-state index contributed by atoms with van der Waals surface area (Å²) in [6.07, 6.45) is 1.38. The van der Waals surface area contributed by atoms with E-state index in [1.54, 1.807) is 11.3 Å². The van der Waals surface area contributed by atoms with Gasteiger partial charge in [-0.25, -0.2) is 9.67 Å². The van der Waals surface area contributed by atoms with Crippen LogP contribution in [0.2, 0.25) is 0 Å². The Morgan fingerprint density at radius 1 is 1.30 bits per heavy atom. The van der Waals surface area contributed by atoms with Crippen LogP contribution in [-0.4, -0.2) is 20.7 Å². The molecule has 1 unspecified atom stereocenters. The molecule has 1 amide bonds. The van der Waals surface area contributed by atoms with E-state index in [1.165, 1.54) is 11.0 Å². The van der Waals surface area contributed by atoms with Gasteiger partial charge in [0, 0.05) is 4.88 Å². The minimum atomic E-state index is -0.206. The maximum Gasteiger partial charge on any atom is 0.252 e. The molecule has 0 fully saturated rings. The van der Waals surface area contributed by atoms with Crippen molar-refractivity contribution in [3.05, 3.63) is 70.4 Å². The smallest absolute Gasteiger partial charge is 0.252 e. The Labute approximate surface area is 137 Å². The van der Waals surface area contributed by atoms with E-state index in [2.05, 4.69) is 15.4 Å². The molecule has 2 aromatic heterocycles. The lowest BCUT2D eigenvalue weighted by Gasteiger charge is -2.18. The van der Waals surface area contributed by atoms with Gasteiger partial charge < -0.3 is 5.32 Å².